The number of hydrogen-bond donors (Lipinski definition) is 0. The predicted molar refractivity (Wildman–Crippen MR) is 32.2 cm³/mol. The normalized spacial score (nSPS) is 11.0. The van der Waals surface area contributed by atoms with Crippen molar-refractivity contribution in [1.29, 1.82) is 0 Å². The standard InChI is InChI=1S/C3H8FPS/c1-2-3-5-6-4/h5H,2-3H2,1H3. The third-order valence-corrected chi connectivity index (χ3v) is 2.16. The van der Waals surface area contributed by atoms with Crippen molar-refractivity contribution in [3.05, 3.63) is 0 Å². The lowest BCUT2D eigenvalue weighted by atomic mass is 10.6. The summed E-state index contributed by atoms with van der Waals surface area (Å²) < 4.78 is 11.1. The van der Waals surface area contributed by atoms with Gasteiger partial charge in [-0.3, -0.25) is 0 Å². The average molecular weight is 126 g/mol. The molecule has 0 aliphatic heterocycles. The van der Waals surface area contributed by atoms with E-state index in [1.807, 2.05) is 0 Å². The molecule has 38 valence electrons. The molecule has 0 rings (SSSR count). The van der Waals surface area contributed by atoms with Gasteiger partial charge in [0.2, 0.25) is 0 Å². The maximum Gasteiger partial charge on any atom is 0.0668 e. The van der Waals surface area contributed by atoms with Gasteiger partial charge in [0.1, 0.15) is 0 Å². The average Bonchev–Trinajstić information content (AvgIpc) is 1.61. The second-order valence-corrected chi connectivity index (χ2v) is 3.24. The fourth-order valence-electron chi connectivity index (χ4n) is 0.141. The molecular formula is C3H8FPS. The van der Waals surface area contributed by atoms with Crippen LogP contribution < -0.4 is 0 Å². The molecule has 6 heavy (non-hydrogen) atoms. The Labute approximate surface area is 43.7 Å². The summed E-state index contributed by atoms with van der Waals surface area (Å²) in [6, 6.07) is 0. The van der Waals surface area contributed by atoms with Crippen LogP contribution in [0.3, 0.4) is 0 Å². The first-order valence-corrected chi connectivity index (χ1v) is 4.57. The van der Waals surface area contributed by atoms with Gasteiger partial charge in [-0.2, -0.15) is 3.89 Å². The Bertz CT molecular complexity index is 22.8. The SMILES string of the molecule is CCCPSF. The van der Waals surface area contributed by atoms with Crippen molar-refractivity contribution >= 4 is 19.6 Å². The second kappa shape index (κ2) is 5.71. The van der Waals surface area contributed by atoms with Crippen molar-refractivity contribution < 1.29 is 3.89 Å². The Morgan fingerprint density at radius 2 is 2.50 bits per heavy atom. The molecule has 0 fully saturated rings. The molecular weight excluding hydrogens is 118 g/mol. The highest BCUT2D eigenvalue weighted by molar-refractivity contribution is 8.46. The number of rotatable bonds is 3. The van der Waals surface area contributed by atoms with Crippen LogP contribution in [0.1, 0.15) is 13.3 Å². The Balaban J connectivity index is 2.34. The quantitative estimate of drug-likeness (QED) is 0.413. The minimum Gasteiger partial charge on any atom is -0.161 e. The number of hydrogen-bond acceptors (Lipinski definition) is 1. The van der Waals surface area contributed by atoms with Crippen LogP contribution in [-0.4, -0.2) is 6.16 Å². The van der Waals surface area contributed by atoms with Crippen LogP contribution >= 0.6 is 19.6 Å². The largest absolute Gasteiger partial charge is 0.161 e. The first-order chi connectivity index (χ1) is 2.91. The topological polar surface area (TPSA) is 0 Å². The van der Waals surface area contributed by atoms with Gasteiger partial charge in [-0.05, 0) is 13.9 Å². The van der Waals surface area contributed by atoms with Crippen molar-refractivity contribution in [3.8, 4) is 0 Å². The fourth-order valence-corrected chi connectivity index (χ4v) is 1.27. The van der Waals surface area contributed by atoms with E-state index in [1.165, 1.54) is 0 Å². The van der Waals surface area contributed by atoms with Gasteiger partial charge in [-0.25, -0.2) is 0 Å². The van der Waals surface area contributed by atoms with Gasteiger partial charge in [0, 0.05) is 0 Å². The van der Waals surface area contributed by atoms with Crippen LogP contribution in [-0.2, 0) is 0 Å². The summed E-state index contributed by atoms with van der Waals surface area (Å²) in [4.78, 5) is 0. The van der Waals surface area contributed by atoms with E-state index in [2.05, 4.69) is 6.92 Å². The predicted octanol–water partition coefficient (Wildman–Crippen LogP) is 2.61. The molecule has 0 aliphatic rings. The molecule has 0 aromatic rings. The van der Waals surface area contributed by atoms with Crippen molar-refractivity contribution in [1.82, 2.24) is 0 Å². The monoisotopic (exact) mass is 126 g/mol. The molecule has 0 aromatic carbocycles. The summed E-state index contributed by atoms with van der Waals surface area (Å²) in [5.41, 5.74) is 0. The Morgan fingerprint density at radius 1 is 1.83 bits per heavy atom. The molecule has 1 unspecified atom stereocenters. The molecule has 0 radical (unpaired) electrons. The van der Waals surface area contributed by atoms with Gasteiger partial charge in [0.05, 0.1) is 11.8 Å². The molecule has 0 saturated carbocycles. The van der Waals surface area contributed by atoms with Crippen molar-refractivity contribution in [2.75, 3.05) is 6.16 Å². The summed E-state index contributed by atoms with van der Waals surface area (Å²) in [5, 5.41) is 0. The third-order valence-electron chi connectivity index (χ3n) is 0.407. The van der Waals surface area contributed by atoms with Crippen molar-refractivity contribution in [2.24, 2.45) is 0 Å². The smallest absolute Gasteiger partial charge is 0.0668 e. The zero-order valence-corrected chi connectivity index (χ0v) is 5.52. The van der Waals surface area contributed by atoms with Gasteiger partial charge in [0.15, 0.2) is 0 Å². The van der Waals surface area contributed by atoms with Gasteiger partial charge < -0.3 is 0 Å². The highest BCUT2D eigenvalue weighted by Gasteiger charge is 1.78. The van der Waals surface area contributed by atoms with Crippen LogP contribution in [0.2, 0.25) is 0 Å². The Morgan fingerprint density at radius 3 is 2.67 bits per heavy atom. The molecule has 0 N–H and O–H groups in total. The van der Waals surface area contributed by atoms with Gasteiger partial charge >= 0.3 is 0 Å². The van der Waals surface area contributed by atoms with E-state index in [-0.39, 0.29) is 0 Å². The summed E-state index contributed by atoms with van der Waals surface area (Å²) in [6.45, 7) is 2.06. The van der Waals surface area contributed by atoms with Gasteiger partial charge in [-0.15, -0.1) is 0 Å². The van der Waals surface area contributed by atoms with Crippen LogP contribution in [0.15, 0.2) is 0 Å². The van der Waals surface area contributed by atoms with E-state index in [4.69, 9.17) is 0 Å². The maximum atomic E-state index is 11.1. The molecule has 0 amide bonds. The summed E-state index contributed by atoms with van der Waals surface area (Å²) >= 11 is 0.454. The Hall–Kier alpha value is 0.710. The first-order valence-electron chi connectivity index (χ1n) is 1.92. The first kappa shape index (κ1) is 6.71. The third kappa shape index (κ3) is 4.71. The van der Waals surface area contributed by atoms with Crippen LogP contribution in [0.4, 0.5) is 3.89 Å². The van der Waals surface area contributed by atoms with Gasteiger partial charge in [0.25, 0.3) is 0 Å². The minimum atomic E-state index is 0.454. The van der Waals surface area contributed by atoms with E-state index in [0.717, 1.165) is 12.6 Å². The van der Waals surface area contributed by atoms with Crippen molar-refractivity contribution in [2.45, 2.75) is 13.3 Å². The van der Waals surface area contributed by atoms with E-state index in [1.54, 1.807) is 0 Å². The molecule has 0 aliphatic carbocycles. The van der Waals surface area contributed by atoms with Crippen LogP contribution in [0, 0.1) is 0 Å². The van der Waals surface area contributed by atoms with Crippen LogP contribution in [0.25, 0.3) is 0 Å². The zero-order chi connectivity index (χ0) is 4.83. The summed E-state index contributed by atoms with van der Waals surface area (Å²) in [5.74, 6) is 0. The fraction of sp³-hybridized carbons (Fsp3) is 1.00. The lowest BCUT2D eigenvalue weighted by molar-refractivity contribution is 0.952. The van der Waals surface area contributed by atoms with E-state index < -0.39 is 0 Å². The maximum absolute atomic E-state index is 11.1. The molecule has 0 bridgehead atoms. The molecule has 0 nitrogen and oxygen atoms in total. The Kier molecular flexibility index (Phi) is 6.39. The molecule has 0 heterocycles. The molecule has 3 heteroatoms. The second-order valence-electron chi connectivity index (χ2n) is 0.971. The summed E-state index contributed by atoms with van der Waals surface area (Å²) in [6.07, 6.45) is 2.14. The van der Waals surface area contributed by atoms with Crippen LogP contribution in [0.5, 0.6) is 0 Å². The number of halogens is 1. The van der Waals surface area contributed by atoms with Crippen molar-refractivity contribution in [3.63, 3.8) is 0 Å². The van der Waals surface area contributed by atoms with Gasteiger partial charge in [-0.1, -0.05) is 13.3 Å². The molecule has 0 saturated heterocycles. The highest BCUT2D eigenvalue weighted by Crippen LogP contribution is 2.29. The molecule has 1 atom stereocenters. The lowest BCUT2D eigenvalue weighted by Gasteiger charge is -1.83. The van der Waals surface area contributed by atoms with E-state index >= 15 is 0 Å². The zero-order valence-electron chi connectivity index (χ0n) is 3.70. The van der Waals surface area contributed by atoms with E-state index in [9.17, 15) is 3.89 Å². The summed E-state index contributed by atoms with van der Waals surface area (Å²) in [7, 11) is 0.465. The van der Waals surface area contributed by atoms with E-state index in [0.29, 0.717) is 19.6 Å². The lowest BCUT2D eigenvalue weighted by Crippen LogP contribution is -1.59. The minimum absolute atomic E-state index is 0.454. The molecule has 0 aromatic heterocycles. The highest BCUT2D eigenvalue weighted by atomic mass is 32.7. The molecule has 0 spiro atoms.